The molecule has 2 aromatic heterocycles. The lowest BCUT2D eigenvalue weighted by atomic mass is 10.0. The first-order valence-electron chi connectivity index (χ1n) is 8.22. The lowest BCUT2D eigenvalue weighted by Gasteiger charge is -2.14. The lowest BCUT2D eigenvalue weighted by molar-refractivity contribution is 0.0429. The first kappa shape index (κ1) is 22.1. The molecule has 1 atom stereocenters. The average molecular weight is 502 g/mol. The van der Waals surface area contributed by atoms with Crippen LogP contribution in [0.4, 0.5) is 4.39 Å². The van der Waals surface area contributed by atoms with Crippen LogP contribution < -0.4 is 0 Å². The average Bonchev–Trinajstić information content (AvgIpc) is 3.07. The molecule has 0 fully saturated rings. The smallest absolute Gasteiger partial charge is 0.351 e. The molecule has 0 aliphatic carbocycles. The molecule has 2 rings (SSSR count). The van der Waals surface area contributed by atoms with E-state index in [4.69, 9.17) is 4.74 Å². The summed E-state index contributed by atoms with van der Waals surface area (Å²) in [5.74, 6) is -0.691. The second-order valence-electron chi connectivity index (χ2n) is 5.11. The topological polar surface area (TPSA) is 26.3 Å². The number of ether oxygens (including phenoxy) is 1. The van der Waals surface area contributed by atoms with Crippen LogP contribution in [0.2, 0.25) is 0 Å². The van der Waals surface area contributed by atoms with E-state index in [1.807, 2.05) is 13.8 Å². The van der Waals surface area contributed by atoms with Gasteiger partial charge in [0.1, 0.15) is 4.88 Å². The minimum Gasteiger partial charge on any atom is -0.461 e. The van der Waals surface area contributed by atoms with Crippen molar-refractivity contribution in [3.05, 3.63) is 18.3 Å². The molecule has 0 radical (unpaired) electrons. The molecule has 2 heterocycles. The van der Waals surface area contributed by atoms with Crippen LogP contribution in [0, 0.1) is 11.7 Å². The van der Waals surface area contributed by atoms with E-state index in [1.165, 1.54) is 11.3 Å². The molecule has 0 saturated heterocycles. The van der Waals surface area contributed by atoms with Gasteiger partial charge in [-0.3, -0.25) is 0 Å². The van der Waals surface area contributed by atoms with Crippen molar-refractivity contribution in [2.75, 3.05) is 6.61 Å². The predicted octanol–water partition coefficient (Wildman–Crippen LogP) is 8.03. The number of fused-ring (bicyclic) bond motifs is 1. The van der Waals surface area contributed by atoms with E-state index in [-0.39, 0.29) is 4.88 Å². The third-order valence-corrected chi connectivity index (χ3v) is 7.67. The van der Waals surface area contributed by atoms with Gasteiger partial charge in [-0.25, -0.2) is 9.18 Å². The summed E-state index contributed by atoms with van der Waals surface area (Å²) in [6.45, 7) is 8.59. The van der Waals surface area contributed by atoms with Crippen LogP contribution in [0.15, 0.2) is 7.57 Å². The van der Waals surface area contributed by atoms with Gasteiger partial charge >= 0.3 is 5.97 Å². The van der Waals surface area contributed by atoms with Crippen LogP contribution in [0.5, 0.6) is 0 Å². The number of esters is 1. The number of unbranched alkanes of at least 4 members (excludes halogenated alkanes) is 1. The van der Waals surface area contributed by atoms with Crippen LogP contribution in [-0.2, 0) is 4.74 Å². The number of thiophene rings is 2. The quantitative estimate of drug-likeness (QED) is 0.359. The van der Waals surface area contributed by atoms with Crippen molar-refractivity contribution in [1.82, 2.24) is 0 Å². The van der Waals surface area contributed by atoms with Crippen molar-refractivity contribution < 1.29 is 13.9 Å². The monoisotopic (exact) mass is 500 g/mol. The molecule has 0 amide bonds. The maximum absolute atomic E-state index is 14.4. The van der Waals surface area contributed by atoms with E-state index < -0.39 is 11.8 Å². The fourth-order valence-corrected chi connectivity index (χ4v) is 6.63. The summed E-state index contributed by atoms with van der Waals surface area (Å²) in [6.07, 6.45) is 4.26. The van der Waals surface area contributed by atoms with Crippen molar-refractivity contribution >= 4 is 70.6 Å². The normalized spacial score (nSPS) is 12.0. The van der Waals surface area contributed by atoms with E-state index in [2.05, 4.69) is 45.7 Å². The minimum atomic E-state index is -0.558. The zero-order valence-corrected chi connectivity index (χ0v) is 19.2. The van der Waals surface area contributed by atoms with E-state index in [0.717, 1.165) is 45.5 Å². The second-order valence-corrected chi connectivity index (χ2v) is 9.79. The van der Waals surface area contributed by atoms with Gasteiger partial charge in [-0.05, 0) is 44.2 Å². The third kappa shape index (κ3) is 5.26. The second kappa shape index (κ2) is 10.9. The van der Waals surface area contributed by atoms with Gasteiger partial charge in [0.2, 0.25) is 0 Å². The number of carbonyl (C=O) groups excluding carboxylic acids is 1. The highest BCUT2D eigenvalue weighted by Gasteiger charge is 2.25. The Morgan fingerprint density at radius 2 is 1.88 bits per heavy atom. The lowest BCUT2D eigenvalue weighted by Crippen LogP contribution is -2.14. The largest absolute Gasteiger partial charge is 0.461 e. The van der Waals surface area contributed by atoms with E-state index in [9.17, 15) is 9.18 Å². The first-order valence-corrected chi connectivity index (χ1v) is 11.4. The number of halogens is 3. The molecule has 136 valence electrons. The summed E-state index contributed by atoms with van der Waals surface area (Å²) < 4.78 is 22.0. The van der Waals surface area contributed by atoms with Gasteiger partial charge in [0, 0.05) is 0 Å². The number of hydrogen-bond acceptors (Lipinski definition) is 4. The van der Waals surface area contributed by atoms with Crippen LogP contribution in [0.3, 0.4) is 0 Å². The molecular weight excluding hydrogens is 479 g/mol. The Kier molecular flexibility index (Phi) is 10.0. The van der Waals surface area contributed by atoms with Gasteiger partial charge in [0.15, 0.2) is 5.82 Å². The van der Waals surface area contributed by atoms with Gasteiger partial charge in [-0.2, -0.15) is 0 Å². The Bertz CT molecular complexity index is 667. The standard InChI is InChI=1S/C15H17Br2FO2S2.C2H6/c1-3-5-6-8(4-2)7-20-15(19)12-10(18)9-11(21-12)14(17)22-13(9)16;1-2/h8H,3-7H2,1-2H3;1-2H3. The number of hydrogen-bond donors (Lipinski definition) is 0. The van der Waals surface area contributed by atoms with Crippen molar-refractivity contribution in [2.45, 2.75) is 53.4 Å². The summed E-state index contributed by atoms with van der Waals surface area (Å²) in [5.41, 5.74) is 0. The maximum Gasteiger partial charge on any atom is 0.351 e. The Morgan fingerprint density at radius 3 is 2.42 bits per heavy atom. The summed E-state index contributed by atoms with van der Waals surface area (Å²) in [4.78, 5) is 12.2. The highest BCUT2D eigenvalue weighted by molar-refractivity contribution is 9.12. The molecule has 0 N–H and O–H groups in total. The molecule has 0 aliphatic rings. The maximum atomic E-state index is 14.4. The SMILES string of the molecule is CC.CCCCC(CC)COC(=O)c1sc2c(Br)sc(Br)c2c1F. The number of rotatable bonds is 7. The molecular formula is C17H23Br2FO2S2. The van der Waals surface area contributed by atoms with E-state index in [1.54, 1.807) is 0 Å². The summed E-state index contributed by atoms with van der Waals surface area (Å²) in [6, 6.07) is 0. The van der Waals surface area contributed by atoms with Crippen LogP contribution in [0.1, 0.15) is 63.0 Å². The Hall–Kier alpha value is 0.0200. The Morgan fingerprint density at radius 1 is 1.21 bits per heavy atom. The molecule has 7 heteroatoms. The summed E-state index contributed by atoms with van der Waals surface area (Å²) in [7, 11) is 0. The van der Waals surface area contributed by atoms with Crippen molar-refractivity contribution in [3.63, 3.8) is 0 Å². The van der Waals surface area contributed by atoms with Crippen molar-refractivity contribution in [1.29, 1.82) is 0 Å². The molecule has 0 spiro atoms. The van der Waals surface area contributed by atoms with Crippen LogP contribution in [0.25, 0.3) is 10.1 Å². The van der Waals surface area contributed by atoms with Crippen LogP contribution >= 0.6 is 54.5 Å². The zero-order valence-electron chi connectivity index (χ0n) is 14.4. The molecule has 0 saturated carbocycles. The third-order valence-electron chi connectivity index (χ3n) is 3.58. The molecule has 0 bridgehead atoms. The van der Waals surface area contributed by atoms with Crippen LogP contribution in [-0.4, -0.2) is 12.6 Å². The molecule has 24 heavy (non-hydrogen) atoms. The van der Waals surface area contributed by atoms with Gasteiger partial charge in [0.25, 0.3) is 0 Å². The summed E-state index contributed by atoms with van der Waals surface area (Å²) in [5, 5.41) is 0.465. The fourth-order valence-electron chi connectivity index (χ4n) is 2.19. The molecule has 0 aliphatic heterocycles. The van der Waals surface area contributed by atoms with Gasteiger partial charge in [-0.1, -0.05) is 47.0 Å². The number of carbonyl (C=O) groups is 1. The fraction of sp³-hybridized carbons (Fsp3) is 0.588. The molecule has 1 unspecified atom stereocenters. The van der Waals surface area contributed by atoms with Crippen molar-refractivity contribution in [2.24, 2.45) is 5.92 Å². The van der Waals surface area contributed by atoms with Crippen molar-refractivity contribution in [3.8, 4) is 0 Å². The van der Waals surface area contributed by atoms with E-state index in [0.29, 0.717) is 21.7 Å². The molecule has 2 aromatic rings. The Labute approximate surface area is 168 Å². The first-order chi connectivity index (χ1) is 11.5. The molecule has 2 nitrogen and oxygen atoms in total. The van der Waals surface area contributed by atoms with Gasteiger partial charge in [-0.15, -0.1) is 22.7 Å². The summed E-state index contributed by atoms with van der Waals surface area (Å²) >= 11 is 9.28. The molecule has 0 aromatic carbocycles. The highest BCUT2D eigenvalue weighted by Crippen LogP contribution is 2.45. The predicted molar refractivity (Wildman–Crippen MR) is 110 cm³/mol. The highest BCUT2D eigenvalue weighted by atomic mass is 79.9. The minimum absolute atomic E-state index is 0.0598. The van der Waals surface area contributed by atoms with Gasteiger partial charge < -0.3 is 4.74 Å². The Balaban J connectivity index is 0.00000139. The van der Waals surface area contributed by atoms with Gasteiger partial charge in [0.05, 0.1) is 24.3 Å². The zero-order chi connectivity index (χ0) is 18.3. The van der Waals surface area contributed by atoms with E-state index >= 15 is 0 Å².